The van der Waals surface area contributed by atoms with Gasteiger partial charge in [-0.3, -0.25) is 9.69 Å². The molecule has 0 aromatic heterocycles. The Labute approximate surface area is 124 Å². The van der Waals surface area contributed by atoms with Crippen molar-refractivity contribution in [2.75, 3.05) is 45.3 Å². The lowest BCUT2D eigenvalue weighted by molar-refractivity contribution is 0.0638. The van der Waals surface area contributed by atoms with Gasteiger partial charge in [0.05, 0.1) is 5.56 Å². The third-order valence-corrected chi connectivity index (χ3v) is 3.97. The fourth-order valence-corrected chi connectivity index (χ4v) is 2.80. The third-order valence-electron chi connectivity index (χ3n) is 3.97. The number of hydrogen-bond acceptors (Lipinski definition) is 5. The Kier molecular flexibility index (Phi) is 3.88. The molecule has 1 fully saturated rings. The van der Waals surface area contributed by atoms with E-state index < -0.39 is 0 Å². The number of nitrogen functional groups attached to an aromatic ring is 1. The average Bonchev–Trinajstić information content (AvgIpc) is 2.94. The van der Waals surface area contributed by atoms with Crippen molar-refractivity contribution in [1.29, 1.82) is 0 Å². The molecule has 0 spiro atoms. The lowest BCUT2D eigenvalue weighted by Gasteiger charge is -2.34. The van der Waals surface area contributed by atoms with E-state index in [0.29, 0.717) is 22.7 Å². The van der Waals surface area contributed by atoms with Crippen LogP contribution in [0.15, 0.2) is 12.1 Å². The van der Waals surface area contributed by atoms with Gasteiger partial charge in [0.25, 0.3) is 5.91 Å². The molecule has 114 valence electrons. The maximum absolute atomic E-state index is 12.6. The number of carbonyl (C=O) groups is 1. The van der Waals surface area contributed by atoms with Crippen LogP contribution in [0.3, 0.4) is 0 Å². The maximum Gasteiger partial charge on any atom is 0.256 e. The van der Waals surface area contributed by atoms with Gasteiger partial charge in [0.1, 0.15) is 0 Å². The van der Waals surface area contributed by atoms with E-state index in [1.54, 1.807) is 12.1 Å². The molecule has 6 nitrogen and oxygen atoms in total. The molecular formula is C15H21N3O3. The minimum atomic E-state index is -0.0260. The van der Waals surface area contributed by atoms with Crippen molar-refractivity contribution in [3.8, 4) is 11.5 Å². The first-order chi connectivity index (χ1) is 10.2. The van der Waals surface area contributed by atoms with Gasteiger partial charge in [0.15, 0.2) is 11.5 Å². The molecule has 2 N–H and O–H groups in total. The summed E-state index contributed by atoms with van der Waals surface area (Å²) in [7, 11) is 0. The summed E-state index contributed by atoms with van der Waals surface area (Å²) in [4.78, 5) is 16.9. The number of benzene rings is 1. The van der Waals surface area contributed by atoms with Crippen LogP contribution in [-0.4, -0.2) is 55.2 Å². The maximum atomic E-state index is 12.6. The van der Waals surface area contributed by atoms with Crippen LogP contribution in [0, 0.1) is 0 Å². The fraction of sp³-hybridized carbons (Fsp3) is 0.533. The van der Waals surface area contributed by atoms with E-state index >= 15 is 0 Å². The molecule has 1 saturated heterocycles. The number of fused-ring (bicyclic) bond motifs is 1. The fourth-order valence-electron chi connectivity index (χ4n) is 2.80. The van der Waals surface area contributed by atoms with Crippen molar-refractivity contribution in [3.05, 3.63) is 17.7 Å². The van der Waals surface area contributed by atoms with Gasteiger partial charge in [-0.2, -0.15) is 0 Å². The summed E-state index contributed by atoms with van der Waals surface area (Å²) in [5.41, 5.74) is 6.93. The monoisotopic (exact) mass is 291 g/mol. The summed E-state index contributed by atoms with van der Waals surface area (Å²) < 4.78 is 10.6. The highest BCUT2D eigenvalue weighted by atomic mass is 16.7. The van der Waals surface area contributed by atoms with Crippen LogP contribution >= 0.6 is 0 Å². The second-order valence-electron chi connectivity index (χ2n) is 5.43. The Balaban J connectivity index is 1.71. The first-order valence-electron chi connectivity index (χ1n) is 7.39. The molecule has 3 rings (SSSR count). The van der Waals surface area contributed by atoms with Crippen molar-refractivity contribution in [2.45, 2.75) is 13.3 Å². The third kappa shape index (κ3) is 2.76. The molecule has 1 aromatic rings. The predicted molar refractivity (Wildman–Crippen MR) is 79.6 cm³/mol. The molecule has 21 heavy (non-hydrogen) atoms. The zero-order valence-corrected chi connectivity index (χ0v) is 12.3. The number of anilines is 1. The van der Waals surface area contributed by atoms with Gasteiger partial charge >= 0.3 is 0 Å². The highest BCUT2D eigenvalue weighted by molar-refractivity contribution is 6.00. The molecule has 0 unspecified atom stereocenters. The van der Waals surface area contributed by atoms with E-state index in [1.807, 2.05) is 4.90 Å². The first-order valence-corrected chi connectivity index (χ1v) is 7.39. The Bertz CT molecular complexity index is 539. The lowest BCUT2D eigenvalue weighted by Crippen LogP contribution is -2.48. The van der Waals surface area contributed by atoms with Crippen LogP contribution in [0.5, 0.6) is 11.5 Å². The molecular weight excluding hydrogens is 270 g/mol. The van der Waals surface area contributed by atoms with E-state index in [0.717, 1.165) is 39.1 Å². The normalized spacial score (nSPS) is 18.0. The van der Waals surface area contributed by atoms with Crippen molar-refractivity contribution in [2.24, 2.45) is 0 Å². The van der Waals surface area contributed by atoms with Gasteiger partial charge in [-0.1, -0.05) is 6.92 Å². The van der Waals surface area contributed by atoms with Crippen LogP contribution in [0.1, 0.15) is 23.7 Å². The summed E-state index contributed by atoms with van der Waals surface area (Å²) in [5, 5.41) is 0. The molecule has 0 aliphatic carbocycles. The largest absolute Gasteiger partial charge is 0.454 e. The van der Waals surface area contributed by atoms with Crippen molar-refractivity contribution in [3.63, 3.8) is 0 Å². The van der Waals surface area contributed by atoms with E-state index in [9.17, 15) is 4.79 Å². The van der Waals surface area contributed by atoms with Gasteiger partial charge in [-0.15, -0.1) is 0 Å². The zero-order valence-electron chi connectivity index (χ0n) is 12.3. The number of ether oxygens (including phenoxy) is 2. The molecule has 0 bridgehead atoms. The molecule has 6 heteroatoms. The smallest absolute Gasteiger partial charge is 0.256 e. The SMILES string of the molecule is CCCN1CCN(C(=O)c2cc3c(cc2N)OCO3)CC1. The molecule has 0 atom stereocenters. The Morgan fingerprint density at radius 1 is 1.19 bits per heavy atom. The molecule has 1 amide bonds. The van der Waals surface area contributed by atoms with Crippen molar-refractivity contribution < 1.29 is 14.3 Å². The summed E-state index contributed by atoms with van der Waals surface area (Å²) in [6, 6.07) is 3.36. The zero-order chi connectivity index (χ0) is 14.8. The summed E-state index contributed by atoms with van der Waals surface area (Å²) in [6.07, 6.45) is 1.14. The quantitative estimate of drug-likeness (QED) is 0.847. The summed E-state index contributed by atoms with van der Waals surface area (Å²) >= 11 is 0. The van der Waals surface area contributed by atoms with E-state index in [4.69, 9.17) is 15.2 Å². The molecule has 0 radical (unpaired) electrons. The standard InChI is InChI=1S/C15H21N3O3/c1-2-3-17-4-6-18(7-5-17)15(19)11-8-13-14(9-12(11)16)21-10-20-13/h8-9H,2-7,10,16H2,1H3. The minimum absolute atomic E-state index is 0.0260. The van der Waals surface area contributed by atoms with E-state index in [1.165, 1.54) is 0 Å². The molecule has 2 aliphatic rings. The van der Waals surface area contributed by atoms with Gasteiger partial charge in [0.2, 0.25) is 6.79 Å². The first kappa shape index (κ1) is 14.0. The molecule has 1 aromatic carbocycles. The van der Waals surface area contributed by atoms with Crippen molar-refractivity contribution >= 4 is 11.6 Å². The second-order valence-corrected chi connectivity index (χ2v) is 5.43. The van der Waals surface area contributed by atoms with Crippen LogP contribution < -0.4 is 15.2 Å². The summed E-state index contributed by atoms with van der Waals surface area (Å²) in [5.74, 6) is 1.18. The van der Waals surface area contributed by atoms with Gasteiger partial charge in [0, 0.05) is 37.9 Å². The molecule has 2 aliphatic heterocycles. The van der Waals surface area contributed by atoms with Crippen molar-refractivity contribution in [1.82, 2.24) is 9.80 Å². The number of rotatable bonds is 3. The lowest BCUT2D eigenvalue weighted by atomic mass is 10.1. The predicted octanol–water partition coefficient (Wildman–Crippen LogP) is 1.17. The Morgan fingerprint density at radius 2 is 1.86 bits per heavy atom. The topological polar surface area (TPSA) is 68.0 Å². The van der Waals surface area contributed by atoms with Crippen LogP contribution in [0.4, 0.5) is 5.69 Å². The summed E-state index contributed by atoms with van der Waals surface area (Å²) in [6.45, 7) is 6.77. The Morgan fingerprint density at radius 3 is 2.52 bits per heavy atom. The molecule has 2 heterocycles. The average molecular weight is 291 g/mol. The number of amides is 1. The van der Waals surface area contributed by atoms with Crippen LogP contribution in [0.2, 0.25) is 0 Å². The number of hydrogen-bond donors (Lipinski definition) is 1. The van der Waals surface area contributed by atoms with Gasteiger partial charge < -0.3 is 20.1 Å². The Hall–Kier alpha value is -1.95. The van der Waals surface area contributed by atoms with Gasteiger partial charge in [-0.05, 0) is 19.0 Å². The number of piperazine rings is 1. The van der Waals surface area contributed by atoms with Crippen LogP contribution in [0.25, 0.3) is 0 Å². The van der Waals surface area contributed by atoms with E-state index in [2.05, 4.69) is 11.8 Å². The second kappa shape index (κ2) is 5.81. The van der Waals surface area contributed by atoms with Gasteiger partial charge in [-0.25, -0.2) is 0 Å². The molecule has 0 saturated carbocycles. The highest BCUT2D eigenvalue weighted by Crippen LogP contribution is 2.36. The number of nitrogens with two attached hydrogens (primary N) is 1. The minimum Gasteiger partial charge on any atom is -0.454 e. The number of nitrogens with zero attached hydrogens (tertiary/aromatic N) is 2. The van der Waals surface area contributed by atoms with E-state index in [-0.39, 0.29) is 12.7 Å². The number of carbonyl (C=O) groups excluding carboxylic acids is 1. The highest BCUT2D eigenvalue weighted by Gasteiger charge is 2.25. The van der Waals surface area contributed by atoms with Crippen LogP contribution in [-0.2, 0) is 0 Å².